The first-order valence-electron chi connectivity index (χ1n) is 9.83. The molecule has 3 rings (SSSR count). The van der Waals surface area contributed by atoms with E-state index in [0.29, 0.717) is 44.0 Å². The monoisotopic (exact) mass is 375 g/mol. The summed E-state index contributed by atoms with van der Waals surface area (Å²) in [5.41, 5.74) is 0.0237. The Morgan fingerprint density at radius 2 is 1.96 bits per heavy atom. The molecule has 1 aromatic heterocycles. The van der Waals surface area contributed by atoms with Crippen LogP contribution in [0.4, 0.5) is 10.7 Å². The fourth-order valence-corrected chi connectivity index (χ4v) is 3.81. The van der Waals surface area contributed by atoms with Crippen LogP contribution in [-0.4, -0.2) is 69.6 Å². The molecule has 1 aromatic rings. The molecule has 0 aliphatic carbocycles. The van der Waals surface area contributed by atoms with Crippen molar-refractivity contribution in [3.05, 3.63) is 18.0 Å². The standard InChI is InChI=1S/C19H29N5O3/c1-4-6-14(3)24-13-19(27-18(24)26)7-9-23(10-8-19)16(25)15-11-21-17(20-5-2)22-12-15/h11-12,14H,4-10,13H2,1-3H3,(H,20,21,22). The highest BCUT2D eigenvalue weighted by atomic mass is 16.6. The average molecular weight is 375 g/mol. The molecule has 1 N–H and O–H groups in total. The van der Waals surface area contributed by atoms with Crippen molar-refractivity contribution in [2.75, 3.05) is 31.5 Å². The fourth-order valence-electron chi connectivity index (χ4n) is 3.81. The maximum atomic E-state index is 12.7. The molecule has 27 heavy (non-hydrogen) atoms. The van der Waals surface area contributed by atoms with Gasteiger partial charge in [-0.3, -0.25) is 4.79 Å². The quantitative estimate of drug-likeness (QED) is 0.822. The molecule has 2 amide bonds. The van der Waals surface area contributed by atoms with Crippen LogP contribution in [0, 0.1) is 0 Å². The third-order valence-electron chi connectivity index (χ3n) is 5.43. The lowest BCUT2D eigenvalue weighted by molar-refractivity contribution is 0.00305. The maximum Gasteiger partial charge on any atom is 0.410 e. The lowest BCUT2D eigenvalue weighted by Crippen LogP contribution is -2.49. The van der Waals surface area contributed by atoms with Crippen molar-refractivity contribution in [1.29, 1.82) is 0 Å². The number of amides is 2. The largest absolute Gasteiger partial charge is 0.441 e. The number of aromatic nitrogens is 2. The van der Waals surface area contributed by atoms with Crippen LogP contribution in [-0.2, 0) is 4.74 Å². The maximum absolute atomic E-state index is 12.7. The summed E-state index contributed by atoms with van der Waals surface area (Å²) in [6.07, 6.45) is 6.23. The van der Waals surface area contributed by atoms with E-state index in [1.54, 1.807) is 17.3 Å². The van der Waals surface area contributed by atoms with Gasteiger partial charge in [0.2, 0.25) is 5.95 Å². The van der Waals surface area contributed by atoms with Crippen LogP contribution in [0.5, 0.6) is 0 Å². The van der Waals surface area contributed by atoms with E-state index in [1.165, 1.54) is 0 Å². The molecule has 8 nitrogen and oxygen atoms in total. The second-order valence-electron chi connectivity index (χ2n) is 7.43. The summed E-state index contributed by atoms with van der Waals surface area (Å²) in [4.78, 5) is 37.0. The summed E-state index contributed by atoms with van der Waals surface area (Å²) in [6.45, 7) is 8.63. The van der Waals surface area contributed by atoms with Gasteiger partial charge in [-0.05, 0) is 20.3 Å². The molecule has 0 radical (unpaired) electrons. The predicted molar refractivity (Wildman–Crippen MR) is 102 cm³/mol. The number of hydrogen-bond donors (Lipinski definition) is 1. The van der Waals surface area contributed by atoms with Crippen molar-refractivity contribution < 1.29 is 14.3 Å². The first-order valence-corrected chi connectivity index (χ1v) is 9.83. The Bertz CT molecular complexity index is 670. The fraction of sp³-hybridized carbons (Fsp3) is 0.684. The van der Waals surface area contributed by atoms with E-state index in [9.17, 15) is 9.59 Å². The normalized spacial score (nSPS) is 19.9. The van der Waals surface area contributed by atoms with Gasteiger partial charge in [0.15, 0.2) is 0 Å². The summed E-state index contributed by atoms with van der Waals surface area (Å²) in [7, 11) is 0. The highest BCUT2D eigenvalue weighted by Gasteiger charge is 2.48. The number of nitrogens with one attached hydrogen (secondary N) is 1. The van der Waals surface area contributed by atoms with Gasteiger partial charge in [-0.15, -0.1) is 0 Å². The molecule has 0 saturated carbocycles. The Kier molecular flexibility index (Phi) is 5.82. The van der Waals surface area contributed by atoms with E-state index >= 15 is 0 Å². The van der Waals surface area contributed by atoms with Gasteiger partial charge in [-0.25, -0.2) is 14.8 Å². The zero-order valence-electron chi connectivity index (χ0n) is 16.4. The van der Waals surface area contributed by atoms with Crippen LogP contribution in [0.3, 0.4) is 0 Å². The molecule has 0 aromatic carbocycles. The summed E-state index contributed by atoms with van der Waals surface area (Å²) in [6, 6.07) is 0.189. The number of carbonyl (C=O) groups is 2. The molecule has 1 atom stereocenters. The van der Waals surface area contributed by atoms with Crippen LogP contribution in [0.2, 0.25) is 0 Å². The molecular weight excluding hydrogens is 346 g/mol. The van der Waals surface area contributed by atoms with E-state index < -0.39 is 5.60 Å². The van der Waals surface area contributed by atoms with Gasteiger partial charge in [-0.2, -0.15) is 0 Å². The molecule has 1 unspecified atom stereocenters. The lowest BCUT2D eigenvalue weighted by atomic mass is 9.90. The van der Waals surface area contributed by atoms with Crippen LogP contribution in [0.1, 0.15) is 56.8 Å². The van der Waals surface area contributed by atoms with Gasteiger partial charge >= 0.3 is 6.09 Å². The van der Waals surface area contributed by atoms with E-state index in [0.717, 1.165) is 19.4 Å². The van der Waals surface area contributed by atoms with E-state index in [1.807, 2.05) is 11.8 Å². The molecule has 8 heteroatoms. The zero-order valence-corrected chi connectivity index (χ0v) is 16.4. The summed E-state index contributed by atoms with van der Waals surface area (Å²) < 4.78 is 5.76. The van der Waals surface area contributed by atoms with Crippen molar-refractivity contribution >= 4 is 17.9 Å². The minimum Gasteiger partial charge on any atom is -0.441 e. The van der Waals surface area contributed by atoms with Gasteiger partial charge in [0.05, 0.1) is 12.1 Å². The van der Waals surface area contributed by atoms with Crippen molar-refractivity contribution in [1.82, 2.24) is 19.8 Å². The molecule has 2 fully saturated rings. The molecular formula is C19H29N5O3. The Morgan fingerprint density at radius 1 is 1.30 bits per heavy atom. The Labute approximate surface area is 160 Å². The first kappa shape index (κ1) is 19.4. The number of anilines is 1. The minimum absolute atomic E-state index is 0.0755. The molecule has 148 valence electrons. The van der Waals surface area contributed by atoms with Crippen molar-refractivity contribution in [3.63, 3.8) is 0 Å². The number of ether oxygens (including phenoxy) is 1. The van der Waals surface area contributed by atoms with Gasteiger partial charge in [0, 0.05) is 50.9 Å². The summed E-state index contributed by atoms with van der Waals surface area (Å²) in [5.74, 6) is 0.444. The molecule has 2 saturated heterocycles. The first-order chi connectivity index (χ1) is 13.0. The summed E-state index contributed by atoms with van der Waals surface area (Å²) >= 11 is 0. The molecule has 1 spiro atoms. The highest BCUT2D eigenvalue weighted by molar-refractivity contribution is 5.93. The van der Waals surface area contributed by atoms with Crippen LogP contribution in [0.25, 0.3) is 0 Å². The van der Waals surface area contributed by atoms with Crippen molar-refractivity contribution in [2.24, 2.45) is 0 Å². The zero-order chi connectivity index (χ0) is 19.4. The molecule has 2 aliphatic rings. The van der Waals surface area contributed by atoms with Crippen LogP contribution in [0.15, 0.2) is 12.4 Å². The van der Waals surface area contributed by atoms with E-state index in [4.69, 9.17) is 4.74 Å². The third-order valence-corrected chi connectivity index (χ3v) is 5.43. The number of carbonyl (C=O) groups excluding carboxylic acids is 2. The Hall–Kier alpha value is -2.38. The number of rotatable bonds is 6. The predicted octanol–water partition coefficient (Wildman–Crippen LogP) is 2.52. The van der Waals surface area contributed by atoms with Crippen molar-refractivity contribution in [3.8, 4) is 0 Å². The van der Waals surface area contributed by atoms with Crippen molar-refractivity contribution in [2.45, 2.75) is 58.1 Å². The number of likely N-dealkylation sites (tertiary alicyclic amines) is 1. The smallest absolute Gasteiger partial charge is 0.410 e. The van der Waals surface area contributed by atoms with E-state index in [2.05, 4.69) is 29.1 Å². The Balaban J connectivity index is 1.58. The Morgan fingerprint density at radius 3 is 2.56 bits per heavy atom. The number of nitrogens with zero attached hydrogens (tertiary/aromatic N) is 4. The second kappa shape index (κ2) is 8.10. The lowest BCUT2D eigenvalue weighted by Gasteiger charge is -2.37. The molecule has 2 aliphatic heterocycles. The highest BCUT2D eigenvalue weighted by Crippen LogP contribution is 2.35. The number of hydrogen-bond acceptors (Lipinski definition) is 6. The van der Waals surface area contributed by atoms with Gasteiger partial charge in [-0.1, -0.05) is 13.3 Å². The minimum atomic E-state index is -0.457. The van der Waals surface area contributed by atoms with Gasteiger partial charge in [0.1, 0.15) is 5.60 Å². The SMILES string of the molecule is CCCC(C)N1CC2(CCN(C(=O)c3cnc(NCC)nc3)CC2)OC1=O. The van der Waals surface area contributed by atoms with Crippen LogP contribution < -0.4 is 5.32 Å². The second-order valence-corrected chi connectivity index (χ2v) is 7.43. The topological polar surface area (TPSA) is 87.7 Å². The van der Waals surface area contributed by atoms with E-state index in [-0.39, 0.29) is 18.0 Å². The van der Waals surface area contributed by atoms with Gasteiger partial charge in [0.25, 0.3) is 5.91 Å². The van der Waals surface area contributed by atoms with Crippen LogP contribution >= 0.6 is 0 Å². The number of piperidine rings is 1. The van der Waals surface area contributed by atoms with Gasteiger partial charge < -0.3 is 19.9 Å². The third kappa shape index (κ3) is 4.14. The average Bonchev–Trinajstić information content (AvgIpc) is 2.99. The molecule has 0 bridgehead atoms. The summed E-state index contributed by atoms with van der Waals surface area (Å²) in [5, 5.41) is 3.01. The molecule has 3 heterocycles.